The lowest BCUT2D eigenvalue weighted by Gasteiger charge is -2.47. The molecule has 0 aliphatic carbocycles. The van der Waals surface area contributed by atoms with Gasteiger partial charge in [-0.2, -0.15) is 0 Å². The predicted molar refractivity (Wildman–Crippen MR) is 159 cm³/mol. The van der Waals surface area contributed by atoms with Crippen molar-refractivity contribution in [3.63, 3.8) is 0 Å². The van der Waals surface area contributed by atoms with Gasteiger partial charge < -0.3 is 33.5 Å². The van der Waals surface area contributed by atoms with Crippen LogP contribution >= 0.6 is 0 Å². The molecule has 3 saturated heterocycles. The van der Waals surface area contributed by atoms with Crippen LogP contribution in [0.1, 0.15) is 94.9 Å². The van der Waals surface area contributed by atoms with E-state index in [2.05, 4.69) is 6.92 Å². The Balaban J connectivity index is 2.08. The Morgan fingerprint density at radius 3 is 2.07 bits per heavy atom. The molecule has 0 bridgehead atoms. The molecular formula is C33H56O10. The van der Waals surface area contributed by atoms with E-state index in [9.17, 15) is 19.5 Å². The molecule has 43 heavy (non-hydrogen) atoms. The molecule has 1 unspecified atom stereocenters. The normalized spacial score (nSPS) is 48.7. The summed E-state index contributed by atoms with van der Waals surface area (Å²) >= 11 is 0. The first-order valence-electron chi connectivity index (χ1n) is 15.9. The molecule has 0 saturated carbocycles. The van der Waals surface area contributed by atoms with Crippen LogP contribution in [0.25, 0.3) is 0 Å². The van der Waals surface area contributed by atoms with E-state index in [1.54, 1.807) is 35.0 Å². The number of aliphatic hydroxyl groups excluding tert-OH is 1. The van der Waals surface area contributed by atoms with Gasteiger partial charge in [-0.05, 0) is 59.3 Å². The van der Waals surface area contributed by atoms with Crippen molar-refractivity contribution in [2.24, 2.45) is 35.5 Å². The molecule has 0 radical (unpaired) electrons. The zero-order chi connectivity index (χ0) is 32.7. The molecule has 0 aromatic rings. The van der Waals surface area contributed by atoms with Crippen LogP contribution in [0.4, 0.5) is 0 Å². The van der Waals surface area contributed by atoms with E-state index in [0.29, 0.717) is 12.8 Å². The third kappa shape index (κ3) is 6.83. The molecule has 248 valence electrons. The number of Topliss-reactive ketones (excluding diaryl/α,β-unsaturated/α-hetero) is 1. The molecule has 10 heteroatoms. The molecule has 3 rings (SSSR count). The SMILES string of the molecule is CC[C@H]1OC(=O)[C@H](C)[C@@H](O[C@H]2C[C@@](C)(OC)[C@@H](O)[C@H](C)O2)[C@H](C)C(C)[C@](C)(OC)C[C@@H](C)C(=O)[C@H](C)[C@H]2CC(=O)O[C@@]21C. The number of carbonyl (C=O) groups is 3. The maximum absolute atomic E-state index is 14.0. The van der Waals surface area contributed by atoms with Gasteiger partial charge in [-0.1, -0.05) is 34.6 Å². The van der Waals surface area contributed by atoms with Gasteiger partial charge in [0.05, 0.1) is 35.7 Å². The molecular weight excluding hydrogens is 556 g/mol. The first-order chi connectivity index (χ1) is 19.9. The van der Waals surface area contributed by atoms with Crippen molar-refractivity contribution < 1.29 is 47.9 Å². The highest BCUT2D eigenvalue weighted by atomic mass is 16.7. The fourth-order valence-electron chi connectivity index (χ4n) is 7.83. The summed E-state index contributed by atoms with van der Waals surface area (Å²) in [7, 11) is 3.19. The molecule has 14 atom stereocenters. The van der Waals surface area contributed by atoms with Gasteiger partial charge in [-0.3, -0.25) is 14.4 Å². The van der Waals surface area contributed by atoms with E-state index in [1.165, 1.54) is 0 Å². The highest BCUT2D eigenvalue weighted by Gasteiger charge is 2.57. The quantitative estimate of drug-likeness (QED) is 0.444. The highest BCUT2D eigenvalue weighted by molar-refractivity contribution is 5.85. The van der Waals surface area contributed by atoms with Crippen LogP contribution < -0.4 is 0 Å². The lowest BCUT2D eigenvalue weighted by Crippen LogP contribution is -2.58. The number of hydrogen-bond acceptors (Lipinski definition) is 10. The standard InChI is InChI=1S/C33H56O10/c1-13-24-33(10)23(14-25(34)43-33)19(4)27(35)17(2)15-31(8,38-11)21(6)18(3)28(20(5)30(37)41-24)42-26-16-32(9,39-12)29(36)22(7)40-26/h17-24,26,28-29,36H,13-16H2,1-12H3/t17-,18-,19-,20-,21?,22+,23-,24-,26+,28+,29+,31-,32-,33+/m1/s1. The van der Waals surface area contributed by atoms with Gasteiger partial charge in [0.15, 0.2) is 6.29 Å². The average Bonchev–Trinajstić information content (AvgIpc) is 3.28. The largest absolute Gasteiger partial charge is 0.458 e. The van der Waals surface area contributed by atoms with Gasteiger partial charge >= 0.3 is 11.9 Å². The lowest BCUT2D eigenvalue weighted by molar-refractivity contribution is -0.298. The zero-order valence-corrected chi connectivity index (χ0v) is 28.3. The van der Waals surface area contributed by atoms with Crippen LogP contribution in [0.2, 0.25) is 0 Å². The fourth-order valence-corrected chi connectivity index (χ4v) is 7.83. The third-order valence-electron chi connectivity index (χ3n) is 11.4. The summed E-state index contributed by atoms with van der Waals surface area (Å²) in [5.74, 6) is -3.28. The molecule has 3 aliphatic rings. The van der Waals surface area contributed by atoms with Crippen LogP contribution in [0.15, 0.2) is 0 Å². The number of fused-ring (bicyclic) bond motifs is 1. The smallest absolute Gasteiger partial charge is 0.311 e. The Morgan fingerprint density at radius 2 is 1.51 bits per heavy atom. The van der Waals surface area contributed by atoms with Gasteiger partial charge in [-0.25, -0.2) is 0 Å². The minimum Gasteiger partial charge on any atom is -0.458 e. The Labute approximate surface area is 257 Å². The average molecular weight is 613 g/mol. The number of cyclic esters (lactones) is 1. The van der Waals surface area contributed by atoms with Crippen LogP contribution in [0.3, 0.4) is 0 Å². The van der Waals surface area contributed by atoms with Crippen molar-refractivity contribution in [2.75, 3.05) is 14.2 Å². The zero-order valence-electron chi connectivity index (χ0n) is 28.3. The Morgan fingerprint density at radius 1 is 0.907 bits per heavy atom. The van der Waals surface area contributed by atoms with E-state index in [0.717, 1.165) is 0 Å². The maximum Gasteiger partial charge on any atom is 0.311 e. The van der Waals surface area contributed by atoms with Crippen molar-refractivity contribution in [1.82, 2.24) is 0 Å². The Hall–Kier alpha value is -1.59. The van der Waals surface area contributed by atoms with Crippen molar-refractivity contribution in [1.29, 1.82) is 0 Å². The van der Waals surface area contributed by atoms with E-state index < -0.39 is 77.2 Å². The topological polar surface area (TPSA) is 127 Å². The van der Waals surface area contributed by atoms with Crippen molar-refractivity contribution in [3.05, 3.63) is 0 Å². The second-order valence-corrected chi connectivity index (χ2v) is 14.1. The van der Waals surface area contributed by atoms with Gasteiger partial charge in [0.25, 0.3) is 0 Å². The number of esters is 2. The number of rotatable bonds is 5. The molecule has 0 aromatic carbocycles. The van der Waals surface area contributed by atoms with Crippen molar-refractivity contribution in [2.45, 2.75) is 142 Å². The minimum absolute atomic E-state index is 0.0269. The van der Waals surface area contributed by atoms with Gasteiger partial charge in [0.1, 0.15) is 23.6 Å². The van der Waals surface area contributed by atoms with Crippen LogP contribution in [0.5, 0.6) is 0 Å². The summed E-state index contributed by atoms with van der Waals surface area (Å²) in [6, 6.07) is 0. The first kappa shape index (κ1) is 35.9. The third-order valence-corrected chi connectivity index (χ3v) is 11.4. The second-order valence-electron chi connectivity index (χ2n) is 14.1. The fraction of sp³-hybridized carbons (Fsp3) is 0.909. The van der Waals surface area contributed by atoms with E-state index in [-0.39, 0.29) is 36.4 Å². The molecule has 0 aromatic heterocycles. The number of methoxy groups -OCH3 is 2. The summed E-state index contributed by atoms with van der Waals surface area (Å²) in [6.07, 6.45) is -2.40. The van der Waals surface area contributed by atoms with E-state index in [1.807, 2.05) is 41.5 Å². The monoisotopic (exact) mass is 612 g/mol. The number of ether oxygens (including phenoxy) is 6. The Bertz CT molecular complexity index is 1020. The summed E-state index contributed by atoms with van der Waals surface area (Å²) in [5.41, 5.74) is -2.80. The summed E-state index contributed by atoms with van der Waals surface area (Å²) in [4.78, 5) is 40.5. The molecule has 3 aliphatic heterocycles. The summed E-state index contributed by atoms with van der Waals surface area (Å²) < 4.78 is 36.6. The summed E-state index contributed by atoms with van der Waals surface area (Å²) in [5, 5.41) is 10.7. The molecule has 10 nitrogen and oxygen atoms in total. The lowest BCUT2D eigenvalue weighted by atomic mass is 9.68. The van der Waals surface area contributed by atoms with Crippen molar-refractivity contribution in [3.8, 4) is 0 Å². The van der Waals surface area contributed by atoms with Gasteiger partial charge in [-0.15, -0.1) is 0 Å². The van der Waals surface area contributed by atoms with Crippen LogP contribution in [0, 0.1) is 35.5 Å². The van der Waals surface area contributed by atoms with Gasteiger partial charge in [0, 0.05) is 38.4 Å². The predicted octanol–water partition coefficient (Wildman–Crippen LogP) is 4.47. The van der Waals surface area contributed by atoms with Crippen molar-refractivity contribution >= 4 is 17.7 Å². The Kier molecular flexibility index (Phi) is 11.2. The molecule has 0 spiro atoms. The minimum atomic E-state index is -1.15. The van der Waals surface area contributed by atoms with Crippen LogP contribution in [-0.2, 0) is 42.8 Å². The van der Waals surface area contributed by atoms with E-state index >= 15 is 0 Å². The highest BCUT2D eigenvalue weighted by Crippen LogP contribution is 2.46. The molecule has 1 N–H and O–H groups in total. The van der Waals surface area contributed by atoms with E-state index in [4.69, 9.17) is 28.4 Å². The number of aliphatic hydroxyl groups is 1. The number of ketones is 1. The number of carbonyl (C=O) groups excluding carboxylic acids is 3. The van der Waals surface area contributed by atoms with Crippen LogP contribution in [-0.4, -0.2) is 84.6 Å². The molecule has 0 amide bonds. The van der Waals surface area contributed by atoms with Gasteiger partial charge in [0.2, 0.25) is 0 Å². The second kappa shape index (κ2) is 13.4. The summed E-state index contributed by atoms with van der Waals surface area (Å²) in [6.45, 7) is 18.8. The number of hydrogen-bond donors (Lipinski definition) is 1. The molecule has 3 heterocycles. The molecule has 3 fully saturated rings. The maximum atomic E-state index is 14.0. The first-order valence-corrected chi connectivity index (χ1v) is 15.9.